The number of aliphatic hydroxyl groups is 1. The van der Waals surface area contributed by atoms with Crippen molar-refractivity contribution in [3.05, 3.63) is 0 Å². The van der Waals surface area contributed by atoms with Crippen molar-refractivity contribution < 1.29 is 18.3 Å². The lowest BCUT2D eigenvalue weighted by atomic mass is 10.0. The molecule has 1 saturated heterocycles. The molecular weight excluding hydrogens is 280 g/mol. The maximum Gasteiger partial charge on any atom is 0.238 e. The highest BCUT2D eigenvalue weighted by Crippen LogP contribution is 2.26. The summed E-state index contributed by atoms with van der Waals surface area (Å²) < 4.78 is 24.8. The third-order valence-corrected chi connectivity index (χ3v) is 5.69. The van der Waals surface area contributed by atoms with Crippen molar-refractivity contribution in [2.45, 2.75) is 50.6 Å². The van der Waals surface area contributed by atoms with Gasteiger partial charge >= 0.3 is 0 Å². The Balaban J connectivity index is 2.03. The Kier molecular flexibility index (Phi) is 5.04. The fourth-order valence-corrected chi connectivity index (χ4v) is 4.41. The first-order valence-electron chi connectivity index (χ1n) is 7.31. The molecule has 1 amide bonds. The summed E-state index contributed by atoms with van der Waals surface area (Å²) in [6.07, 6.45) is 6.19. The fraction of sp³-hybridized carbons (Fsp3) is 0.923. The van der Waals surface area contributed by atoms with Crippen molar-refractivity contribution in [2.75, 3.05) is 19.4 Å². The van der Waals surface area contributed by atoms with Crippen LogP contribution in [0.2, 0.25) is 0 Å². The summed E-state index contributed by atoms with van der Waals surface area (Å²) >= 11 is 0. The number of amides is 1. The minimum absolute atomic E-state index is 0.0177. The molecule has 1 saturated carbocycles. The van der Waals surface area contributed by atoms with Gasteiger partial charge in [0, 0.05) is 25.1 Å². The molecular formula is C13H24N2O4S. The van der Waals surface area contributed by atoms with Gasteiger partial charge in [0.05, 0.1) is 6.26 Å². The highest BCUT2D eigenvalue weighted by Gasteiger charge is 2.36. The van der Waals surface area contributed by atoms with E-state index in [0.717, 1.165) is 38.4 Å². The molecule has 7 heteroatoms. The van der Waals surface area contributed by atoms with Crippen molar-refractivity contribution in [1.82, 2.24) is 9.62 Å². The van der Waals surface area contributed by atoms with Crippen LogP contribution in [0.15, 0.2) is 0 Å². The molecule has 2 fully saturated rings. The van der Waals surface area contributed by atoms with Crippen LogP contribution >= 0.6 is 0 Å². The zero-order valence-corrected chi connectivity index (χ0v) is 12.7. The zero-order chi connectivity index (χ0) is 14.8. The number of nitrogens with zero attached hydrogens (tertiary/aromatic N) is 1. The van der Waals surface area contributed by atoms with Gasteiger partial charge in [-0.25, -0.2) is 8.42 Å². The van der Waals surface area contributed by atoms with Gasteiger partial charge in [-0.2, -0.15) is 4.31 Å². The highest BCUT2D eigenvalue weighted by molar-refractivity contribution is 7.88. The van der Waals surface area contributed by atoms with Crippen molar-refractivity contribution in [1.29, 1.82) is 0 Å². The Hall–Kier alpha value is -0.660. The minimum atomic E-state index is -3.35. The number of carbonyl (C=O) groups is 1. The standard InChI is InChI=1S/C13H24N2O4S/c1-20(18,19)15-8-3-2-7-12(15)13(17)14-11-6-4-5-10(11)9-16/h10-12,16H,2-9H2,1H3,(H,14,17). The van der Waals surface area contributed by atoms with Crippen molar-refractivity contribution >= 4 is 15.9 Å². The van der Waals surface area contributed by atoms with E-state index in [0.29, 0.717) is 13.0 Å². The largest absolute Gasteiger partial charge is 0.396 e. The Morgan fingerprint density at radius 2 is 2.00 bits per heavy atom. The number of hydrogen-bond donors (Lipinski definition) is 2. The molecule has 0 radical (unpaired) electrons. The van der Waals surface area contributed by atoms with E-state index < -0.39 is 16.1 Å². The van der Waals surface area contributed by atoms with E-state index in [-0.39, 0.29) is 24.5 Å². The van der Waals surface area contributed by atoms with Crippen LogP contribution in [0.4, 0.5) is 0 Å². The summed E-state index contributed by atoms with van der Waals surface area (Å²) in [4.78, 5) is 12.4. The smallest absolute Gasteiger partial charge is 0.238 e. The quantitative estimate of drug-likeness (QED) is 0.770. The average molecular weight is 304 g/mol. The first-order valence-corrected chi connectivity index (χ1v) is 9.16. The molecule has 0 aromatic rings. The van der Waals surface area contributed by atoms with Crippen LogP contribution < -0.4 is 5.32 Å². The summed E-state index contributed by atoms with van der Waals surface area (Å²) in [6, 6.07) is -0.602. The molecule has 116 valence electrons. The molecule has 0 bridgehead atoms. The highest BCUT2D eigenvalue weighted by atomic mass is 32.2. The van der Waals surface area contributed by atoms with Gasteiger partial charge in [-0.1, -0.05) is 12.8 Å². The third kappa shape index (κ3) is 3.51. The van der Waals surface area contributed by atoms with E-state index in [1.807, 2.05) is 0 Å². The number of aliphatic hydroxyl groups excluding tert-OH is 1. The summed E-state index contributed by atoms with van der Waals surface area (Å²) in [5.41, 5.74) is 0. The molecule has 1 aliphatic heterocycles. The van der Waals surface area contributed by atoms with Gasteiger partial charge in [0.2, 0.25) is 15.9 Å². The summed E-state index contributed by atoms with van der Waals surface area (Å²) in [5, 5.41) is 12.2. The van der Waals surface area contributed by atoms with Crippen LogP contribution in [-0.2, 0) is 14.8 Å². The fourth-order valence-electron chi connectivity index (χ4n) is 3.29. The summed E-state index contributed by atoms with van der Waals surface area (Å²) in [5.74, 6) is -0.102. The number of hydrogen-bond acceptors (Lipinski definition) is 4. The normalized spacial score (nSPS) is 32.2. The zero-order valence-electron chi connectivity index (χ0n) is 11.9. The predicted octanol–water partition coefficient (Wildman–Crippen LogP) is 0.0777. The minimum Gasteiger partial charge on any atom is -0.396 e. The van der Waals surface area contributed by atoms with E-state index in [1.165, 1.54) is 4.31 Å². The van der Waals surface area contributed by atoms with E-state index in [4.69, 9.17) is 0 Å². The van der Waals surface area contributed by atoms with E-state index >= 15 is 0 Å². The second-order valence-electron chi connectivity index (χ2n) is 5.87. The summed E-state index contributed by atoms with van der Waals surface area (Å²) in [6.45, 7) is 0.496. The Morgan fingerprint density at radius 1 is 1.25 bits per heavy atom. The van der Waals surface area contributed by atoms with E-state index in [2.05, 4.69) is 5.32 Å². The van der Waals surface area contributed by atoms with Crippen molar-refractivity contribution in [3.63, 3.8) is 0 Å². The maximum atomic E-state index is 12.4. The van der Waals surface area contributed by atoms with E-state index in [1.54, 1.807) is 0 Å². The molecule has 0 spiro atoms. The molecule has 1 heterocycles. The number of nitrogens with one attached hydrogen (secondary N) is 1. The number of carbonyl (C=O) groups excluding carboxylic acids is 1. The molecule has 20 heavy (non-hydrogen) atoms. The first-order chi connectivity index (χ1) is 9.43. The summed E-state index contributed by atoms with van der Waals surface area (Å²) in [7, 11) is -3.35. The average Bonchev–Trinajstić information content (AvgIpc) is 2.85. The lowest BCUT2D eigenvalue weighted by Crippen LogP contribution is -2.54. The monoisotopic (exact) mass is 304 g/mol. The van der Waals surface area contributed by atoms with Gasteiger partial charge in [0.1, 0.15) is 6.04 Å². The van der Waals surface area contributed by atoms with Crippen molar-refractivity contribution in [2.24, 2.45) is 5.92 Å². The van der Waals surface area contributed by atoms with Gasteiger partial charge in [0.15, 0.2) is 0 Å². The van der Waals surface area contributed by atoms with Gasteiger partial charge in [-0.15, -0.1) is 0 Å². The number of sulfonamides is 1. The van der Waals surface area contributed by atoms with Gasteiger partial charge in [-0.05, 0) is 25.7 Å². The Morgan fingerprint density at radius 3 is 2.65 bits per heavy atom. The van der Waals surface area contributed by atoms with Gasteiger partial charge in [0.25, 0.3) is 0 Å². The van der Waals surface area contributed by atoms with Crippen molar-refractivity contribution in [3.8, 4) is 0 Å². The lowest BCUT2D eigenvalue weighted by Gasteiger charge is -2.33. The third-order valence-electron chi connectivity index (χ3n) is 4.40. The van der Waals surface area contributed by atoms with Crippen LogP contribution in [0.5, 0.6) is 0 Å². The van der Waals surface area contributed by atoms with Crippen LogP contribution in [0.1, 0.15) is 38.5 Å². The predicted molar refractivity (Wildman–Crippen MR) is 75.5 cm³/mol. The Labute approximate surface area is 120 Å². The van der Waals surface area contributed by atoms with Crippen LogP contribution in [0.25, 0.3) is 0 Å². The molecule has 3 unspecified atom stereocenters. The number of rotatable bonds is 4. The second-order valence-corrected chi connectivity index (χ2v) is 7.81. The van der Waals surface area contributed by atoms with E-state index in [9.17, 15) is 18.3 Å². The van der Waals surface area contributed by atoms with Crippen LogP contribution in [-0.4, -0.2) is 55.2 Å². The van der Waals surface area contributed by atoms with Gasteiger partial charge in [-0.3, -0.25) is 4.79 Å². The molecule has 2 N–H and O–H groups in total. The SMILES string of the molecule is CS(=O)(=O)N1CCCCC1C(=O)NC1CCCC1CO. The van der Waals surface area contributed by atoms with Crippen LogP contribution in [0, 0.1) is 5.92 Å². The lowest BCUT2D eigenvalue weighted by molar-refractivity contribution is -0.126. The first kappa shape index (κ1) is 15.7. The molecule has 2 aliphatic rings. The molecule has 0 aromatic heterocycles. The molecule has 2 rings (SSSR count). The van der Waals surface area contributed by atoms with Crippen LogP contribution in [0.3, 0.4) is 0 Å². The molecule has 0 aromatic carbocycles. The molecule has 3 atom stereocenters. The topological polar surface area (TPSA) is 86.7 Å². The molecule has 1 aliphatic carbocycles. The number of piperidine rings is 1. The maximum absolute atomic E-state index is 12.4. The Bertz CT molecular complexity index is 451. The molecule has 6 nitrogen and oxygen atoms in total. The van der Waals surface area contributed by atoms with Gasteiger partial charge < -0.3 is 10.4 Å². The second kappa shape index (κ2) is 6.41.